The number of benzene rings is 2. The maximum Gasteiger partial charge on any atom is 0.357 e. The molecule has 0 heterocycles. The van der Waals surface area contributed by atoms with Crippen molar-refractivity contribution in [2.75, 3.05) is 12.4 Å². The lowest BCUT2D eigenvalue weighted by Crippen LogP contribution is -2.19. The van der Waals surface area contributed by atoms with Gasteiger partial charge in [0.15, 0.2) is 5.78 Å². The number of methoxy groups -OCH3 is 1. The maximum absolute atomic E-state index is 13.9. The average Bonchev–Trinajstić information content (AvgIpc) is 2.58. The number of anilines is 1. The normalized spacial score (nSPS) is 13.0. The molecule has 0 amide bonds. The molecule has 0 saturated carbocycles. The summed E-state index contributed by atoms with van der Waals surface area (Å²) in [6, 6.07) is 14.6. The van der Waals surface area contributed by atoms with Crippen LogP contribution in [0.4, 0.5) is 5.69 Å². The predicted molar refractivity (Wildman–Crippen MR) is 111 cm³/mol. The van der Waals surface area contributed by atoms with Crippen LogP contribution in [0.2, 0.25) is 5.02 Å². The minimum Gasteiger partial charge on any atom is -0.496 e. The van der Waals surface area contributed by atoms with Crippen molar-refractivity contribution in [1.29, 1.82) is 0 Å². The van der Waals surface area contributed by atoms with Crippen LogP contribution >= 0.6 is 19.2 Å². The molecule has 0 fully saturated rings. The third kappa shape index (κ3) is 5.98. The molecule has 2 aromatic carbocycles. The lowest BCUT2D eigenvalue weighted by Gasteiger charge is -2.32. The molecule has 0 radical (unpaired) electrons. The maximum atomic E-state index is 13.9. The molecule has 0 aliphatic carbocycles. The molecule has 148 valence electrons. The summed E-state index contributed by atoms with van der Waals surface area (Å²) in [5.41, 5.74) is 1.39. The van der Waals surface area contributed by atoms with Crippen molar-refractivity contribution in [3.05, 3.63) is 59.1 Å². The molecular weight excluding hydrogens is 385 g/mol. The van der Waals surface area contributed by atoms with Crippen LogP contribution in [0.3, 0.4) is 0 Å². The Balaban J connectivity index is 2.57. The van der Waals surface area contributed by atoms with Crippen LogP contribution in [0.5, 0.6) is 5.75 Å². The van der Waals surface area contributed by atoms with Gasteiger partial charge in [0.25, 0.3) is 0 Å². The fraction of sp³-hybridized carbons (Fsp3) is 0.400. The van der Waals surface area contributed by atoms with Gasteiger partial charge in [0, 0.05) is 16.3 Å². The molecule has 1 atom stereocenters. The van der Waals surface area contributed by atoms with E-state index < -0.39 is 13.4 Å². The van der Waals surface area contributed by atoms with Crippen LogP contribution in [0.15, 0.2) is 48.5 Å². The molecule has 0 saturated heterocycles. The van der Waals surface area contributed by atoms with Crippen LogP contribution < -0.4 is 10.1 Å². The molecule has 5 nitrogen and oxygen atoms in total. The smallest absolute Gasteiger partial charge is 0.357 e. The first-order valence-corrected chi connectivity index (χ1v) is 10.9. The number of halogens is 1. The summed E-state index contributed by atoms with van der Waals surface area (Å²) in [6.45, 7) is 7.31. The van der Waals surface area contributed by atoms with Crippen molar-refractivity contribution in [2.45, 2.75) is 45.7 Å². The summed E-state index contributed by atoms with van der Waals surface area (Å²) in [6.07, 6.45) is -0.569. The van der Waals surface area contributed by atoms with Crippen LogP contribution in [0, 0.1) is 0 Å². The van der Waals surface area contributed by atoms with Crippen molar-refractivity contribution in [3.8, 4) is 5.75 Å². The van der Waals surface area contributed by atoms with E-state index in [2.05, 4.69) is 5.32 Å². The number of ether oxygens (including phenoxy) is 1. The second-order valence-corrected chi connectivity index (χ2v) is 9.10. The number of nitrogens with one attached hydrogen (secondary N) is 1. The van der Waals surface area contributed by atoms with Gasteiger partial charge in [-0.05, 0) is 52.0 Å². The molecule has 0 spiro atoms. The topological polar surface area (TPSA) is 56.8 Å². The summed E-state index contributed by atoms with van der Waals surface area (Å²) in [5, 5.41) is 3.86. The summed E-state index contributed by atoms with van der Waals surface area (Å²) in [7, 11) is -2.04. The lowest BCUT2D eigenvalue weighted by molar-refractivity contribution is 0.138. The Hall–Kier alpha value is -1.52. The molecule has 27 heavy (non-hydrogen) atoms. The van der Waals surface area contributed by atoms with Gasteiger partial charge in [0.1, 0.15) is 5.75 Å². The Bertz CT molecular complexity index is 783. The van der Waals surface area contributed by atoms with Crippen LogP contribution in [0.1, 0.15) is 39.0 Å². The monoisotopic (exact) mass is 411 g/mol. The minimum absolute atomic E-state index is 0.284. The van der Waals surface area contributed by atoms with Gasteiger partial charge in [-0.15, -0.1) is 0 Å². The standard InChI is InChI=1S/C20H27ClNO4P/c1-14(2)25-27(23,26-15(3)4)20(18-11-6-7-12-19(18)24-5)22-17-10-8-9-16(21)13-17/h6-15,20,22H,1-5H3. The van der Waals surface area contributed by atoms with Gasteiger partial charge in [-0.25, -0.2) is 0 Å². The molecule has 7 heteroatoms. The summed E-state index contributed by atoms with van der Waals surface area (Å²) in [4.78, 5) is 0. The van der Waals surface area contributed by atoms with Gasteiger partial charge < -0.3 is 19.1 Å². The molecular formula is C20H27ClNO4P. The second kappa shape index (κ2) is 9.61. The first kappa shape index (κ1) is 21.8. The highest BCUT2D eigenvalue weighted by atomic mass is 35.5. The van der Waals surface area contributed by atoms with E-state index in [0.717, 1.165) is 0 Å². The van der Waals surface area contributed by atoms with E-state index in [9.17, 15) is 4.57 Å². The summed E-state index contributed by atoms with van der Waals surface area (Å²) < 4.78 is 31.1. The molecule has 2 aromatic rings. The van der Waals surface area contributed by atoms with Gasteiger partial charge in [0.05, 0.1) is 19.3 Å². The Morgan fingerprint density at radius 2 is 1.59 bits per heavy atom. The highest BCUT2D eigenvalue weighted by molar-refractivity contribution is 7.54. The largest absolute Gasteiger partial charge is 0.496 e. The second-order valence-electron chi connectivity index (χ2n) is 6.65. The molecule has 2 rings (SSSR count). The van der Waals surface area contributed by atoms with E-state index in [0.29, 0.717) is 22.0 Å². The fourth-order valence-corrected chi connectivity index (χ4v) is 5.21. The molecule has 0 aliphatic rings. The van der Waals surface area contributed by atoms with Crippen LogP contribution in [-0.2, 0) is 13.6 Å². The Morgan fingerprint density at radius 3 is 2.15 bits per heavy atom. The first-order chi connectivity index (χ1) is 12.7. The van der Waals surface area contributed by atoms with E-state index in [1.165, 1.54) is 0 Å². The summed E-state index contributed by atoms with van der Waals surface area (Å²) >= 11 is 6.12. The zero-order chi connectivity index (χ0) is 20.0. The molecule has 0 bridgehead atoms. The molecule has 0 aliphatic heterocycles. The van der Waals surface area contributed by atoms with Crippen molar-refractivity contribution in [3.63, 3.8) is 0 Å². The molecule has 0 aromatic heterocycles. The first-order valence-electron chi connectivity index (χ1n) is 8.86. The van der Waals surface area contributed by atoms with Gasteiger partial charge in [0.2, 0.25) is 0 Å². The van der Waals surface area contributed by atoms with Crippen molar-refractivity contribution in [2.24, 2.45) is 0 Å². The van der Waals surface area contributed by atoms with Crippen LogP contribution in [0.25, 0.3) is 0 Å². The van der Waals surface area contributed by atoms with E-state index in [-0.39, 0.29) is 12.2 Å². The lowest BCUT2D eigenvalue weighted by atomic mass is 10.2. The van der Waals surface area contributed by atoms with Crippen molar-refractivity contribution in [1.82, 2.24) is 0 Å². The molecule has 1 N–H and O–H groups in total. The zero-order valence-corrected chi connectivity index (χ0v) is 18.0. The number of para-hydroxylation sites is 1. The van der Waals surface area contributed by atoms with E-state index in [4.69, 9.17) is 25.4 Å². The fourth-order valence-electron chi connectivity index (χ4n) is 2.69. The van der Waals surface area contributed by atoms with E-state index in [1.807, 2.05) is 64.1 Å². The van der Waals surface area contributed by atoms with Crippen molar-refractivity contribution < 1.29 is 18.3 Å². The van der Waals surface area contributed by atoms with E-state index in [1.54, 1.807) is 19.2 Å². The summed E-state index contributed by atoms with van der Waals surface area (Å²) in [5.74, 6) is -0.172. The Kier molecular flexibility index (Phi) is 7.75. The highest BCUT2D eigenvalue weighted by Crippen LogP contribution is 2.63. The van der Waals surface area contributed by atoms with Gasteiger partial charge in [-0.3, -0.25) is 4.57 Å². The quantitative estimate of drug-likeness (QED) is 0.477. The number of hydrogen-bond acceptors (Lipinski definition) is 5. The Labute approximate surface area is 166 Å². The van der Waals surface area contributed by atoms with E-state index >= 15 is 0 Å². The van der Waals surface area contributed by atoms with Gasteiger partial charge in [-0.1, -0.05) is 35.9 Å². The van der Waals surface area contributed by atoms with Crippen LogP contribution in [-0.4, -0.2) is 19.3 Å². The van der Waals surface area contributed by atoms with Gasteiger partial charge >= 0.3 is 7.60 Å². The van der Waals surface area contributed by atoms with Crippen molar-refractivity contribution >= 4 is 24.9 Å². The minimum atomic E-state index is -3.62. The third-order valence-corrected chi connectivity index (χ3v) is 6.30. The zero-order valence-electron chi connectivity index (χ0n) is 16.3. The number of rotatable bonds is 9. The SMILES string of the molecule is COc1ccccc1C(Nc1cccc(Cl)c1)P(=O)(OC(C)C)OC(C)C. The highest BCUT2D eigenvalue weighted by Gasteiger charge is 2.41. The predicted octanol–water partition coefficient (Wildman–Crippen LogP) is 6.50. The number of hydrogen-bond donors (Lipinski definition) is 1. The van der Waals surface area contributed by atoms with Gasteiger partial charge in [-0.2, -0.15) is 0 Å². The third-order valence-electron chi connectivity index (χ3n) is 3.59. The Morgan fingerprint density at radius 1 is 0.963 bits per heavy atom. The average molecular weight is 412 g/mol. The molecule has 1 unspecified atom stereocenters.